The topological polar surface area (TPSA) is 15.3 Å². The number of nitrogens with zero attached hydrogens (tertiary/aromatic N) is 1. The summed E-state index contributed by atoms with van der Waals surface area (Å²) in [7, 11) is 0. The van der Waals surface area contributed by atoms with Crippen molar-refractivity contribution in [2.45, 2.75) is 46.2 Å². The van der Waals surface area contributed by atoms with Crippen LogP contribution in [0.2, 0.25) is 0 Å². The van der Waals surface area contributed by atoms with E-state index in [2.05, 4.69) is 56.1 Å². The van der Waals surface area contributed by atoms with Crippen molar-refractivity contribution in [1.82, 2.24) is 10.2 Å². The third kappa shape index (κ3) is 3.12. The Labute approximate surface area is 111 Å². The monoisotopic (exact) mass is 246 g/mol. The van der Waals surface area contributed by atoms with Crippen LogP contribution in [-0.4, -0.2) is 30.1 Å². The van der Waals surface area contributed by atoms with E-state index in [0.717, 1.165) is 26.2 Å². The van der Waals surface area contributed by atoms with E-state index >= 15 is 0 Å². The Hall–Kier alpha value is -0.860. The maximum Gasteiger partial charge on any atom is 0.0278 e. The average molecular weight is 246 g/mol. The number of hydrogen-bond acceptors (Lipinski definition) is 2. The second-order valence-electron chi connectivity index (χ2n) is 5.98. The van der Waals surface area contributed by atoms with Crippen molar-refractivity contribution in [3.63, 3.8) is 0 Å². The molecule has 1 aliphatic heterocycles. The lowest BCUT2D eigenvalue weighted by molar-refractivity contribution is 0.133. The predicted octanol–water partition coefficient (Wildman–Crippen LogP) is 2.88. The minimum absolute atomic E-state index is 0.288. The van der Waals surface area contributed by atoms with Gasteiger partial charge in [0.2, 0.25) is 0 Å². The van der Waals surface area contributed by atoms with Gasteiger partial charge in [-0.2, -0.15) is 0 Å². The van der Waals surface area contributed by atoms with Gasteiger partial charge < -0.3 is 5.32 Å². The van der Waals surface area contributed by atoms with Gasteiger partial charge in [0.25, 0.3) is 0 Å². The SMILES string of the molecule is CCC1(C)CN(Cc2cc(C)ccc2C)CCN1. The second-order valence-corrected chi connectivity index (χ2v) is 5.98. The summed E-state index contributed by atoms with van der Waals surface area (Å²) in [5, 5.41) is 3.65. The molecule has 1 aromatic carbocycles. The van der Waals surface area contributed by atoms with Crippen LogP contribution in [0.1, 0.15) is 37.0 Å². The lowest BCUT2D eigenvalue weighted by Crippen LogP contribution is -2.58. The van der Waals surface area contributed by atoms with Crippen molar-refractivity contribution in [3.8, 4) is 0 Å². The highest BCUT2D eigenvalue weighted by Gasteiger charge is 2.28. The summed E-state index contributed by atoms with van der Waals surface area (Å²) < 4.78 is 0. The molecule has 1 atom stereocenters. The van der Waals surface area contributed by atoms with Gasteiger partial charge in [0, 0.05) is 31.7 Å². The molecule has 0 aromatic heterocycles. The molecule has 1 N–H and O–H groups in total. The fourth-order valence-corrected chi connectivity index (χ4v) is 2.73. The Morgan fingerprint density at radius 1 is 1.33 bits per heavy atom. The van der Waals surface area contributed by atoms with Gasteiger partial charge in [-0.15, -0.1) is 0 Å². The Morgan fingerprint density at radius 2 is 2.11 bits per heavy atom. The van der Waals surface area contributed by atoms with Crippen molar-refractivity contribution in [2.75, 3.05) is 19.6 Å². The van der Waals surface area contributed by atoms with E-state index in [0.29, 0.717) is 0 Å². The standard InChI is InChI=1S/C16H26N2/c1-5-16(4)12-18(9-8-17-16)11-15-10-13(2)6-7-14(15)3/h6-7,10,17H,5,8-9,11-12H2,1-4H3. The average Bonchev–Trinajstić information content (AvgIpc) is 2.34. The van der Waals surface area contributed by atoms with Gasteiger partial charge in [-0.25, -0.2) is 0 Å². The first-order chi connectivity index (χ1) is 8.52. The van der Waals surface area contributed by atoms with Crippen LogP contribution in [0.15, 0.2) is 18.2 Å². The van der Waals surface area contributed by atoms with E-state index in [1.54, 1.807) is 0 Å². The van der Waals surface area contributed by atoms with E-state index in [-0.39, 0.29) is 5.54 Å². The first-order valence-electron chi connectivity index (χ1n) is 7.06. The Balaban J connectivity index is 2.07. The maximum absolute atomic E-state index is 3.65. The molecule has 2 nitrogen and oxygen atoms in total. The summed E-state index contributed by atoms with van der Waals surface area (Å²) in [5.74, 6) is 0. The van der Waals surface area contributed by atoms with Gasteiger partial charge in [0.05, 0.1) is 0 Å². The molecule has 1 saturated heterocycles. The Bertz CT molecular complexity index is 414. The van der Waals surface area contributed by atoms with Gasteiger partial charge in [-0.05, 0) is 38.3 Å². The zero-order valence-electron chi connectivity index (χ0n) is 12.2. The number of hydrogen-bond donors (Lipinski definition) is 1. The Kier molecular flexibility index (Phi) is 4.08. The molecule has 0 amide bonds. The van der Waals surface area contributed by atoms with E-state index in [1.807, 2.05) is 0 Å². The van der Waals surface area contributed by atoms with E-state index in [9.17, 15) is 0 Å². The van der Waals surface area contributed by atoms with Crippen molar-refractivity contribution >= 4 is 0 Å². The zero-order valence-corrected chi connectivity index (χ0v) is 12.2. The molecular weight excluding hydrogens is 220 g/mol. The lowest BCUT2D eigenvalue weighted by Gasteiger charge is -2.41. The highest BCUT2D eigenvalue weighted by molar-refractivity contribution is 5.30. The van der Waals surface area contributed by atoms with Crippen LogP contribution < -0.4 is 5.32 Å². The third-order valence-electron chi connectivity index (χ3n) is 4.23. The number of nitrogens with one attached hydrogen (secondary N) is 1. The molecule has 1 unspecified atom stereocenters. The largest absolute Gasteiger partial charge is 0.309 e. The van der Waals surface area contributed by atoms with Crippen molar-refractivity contribution in [2.24, 2.45) is 0 Å². The lowest BCUT2D eigenvalue weighted by atomic mass is 9.95. The molecule has 100 valence electrons. The molecule has 0 bridgehead atoms. The Morgan fingerprint density at radius 3 is 2.83 bits per heavy atom. The highest BCUT2D eigenvalue weighted by atomic mass is 15.2. The normalized spacial score (nSPS) is 25.3. The summed E-state index contributed by atoms with van der Waals surface area (Å²) in [4.78, 5) is 2.59. The van der Waals surface area contributed by atoms with E-state index < -0.39 is 0 Å². The van der Waals surface area contributed by atoms with Crippen LogP contribution in [0.4, 0.5) is 0 Å². The minimum Gasteiger partial charge on any atom is -0.309 e. The minimum atomic E-state index is 0.288. The molecule has 2 rings (SSSR count). The predicted molar refractivity (Wildman–Crippen MR) is 77.9 cm³/mol. The summed E-state index contributed by atoms with van der Waals surface area (Å²) in [6, 6.07) is 6.78. The summed E-state index contributed by atoms with van der Waals surface area (Å²) >= 11 is 0. The fourth-order valence-electron chi connectivity index (χ4n) is 2.73. The third-order valence-corrected chi connectivity index (χ3v) is 4.23. The van der Waals surface area contributed by atoms with Gasteiger partial charge in [0.1, 0.15) is 0 Å². The molecule has 1 aromatic rings. The zero-order chi connectivity index (χ0) is 13.2. The summed E-state index contributed by atoms with van der Waals surface area (Å²) in [6.07, 6.45) is 1.19. The molecule has 0 saturated carbocycles. The van der Waals surface area contributed by atoms with Crippen LogP contribution >= 0.6 is 0 Å². The van der Waals surface area contributed by atoms with Crippen molar-refractivity contribution in [1.29, 1.82) is 0 Å². The molecule has 1 fully saturated rings. The van der Waals surface area contributed by atoms with Gasteiger partial charge in [-0.3, -0.25) is 4.90 Å². The molecule has 0 spiro atoms. The van der Waals surface area contributed by atoms with Gasteiger partial charge in [-0.1, -0.05) is 30.7 Å². The number of aryl methyl sites for hydroxylation is 2. The number of piperazine rings is 1. The molecule has 0 radical (unpaired) electrons. The summed E-state index contributed by atoms with van der Waals surface area (Å²) in [6.45, 7) is 13.5. The van der Waals surface area contributed by atoms with Crippen LogP contribution in [0, 0.1) is 13.8 Å². The smallest absolute Gasteiger partial charge is 0.0278 e. The fraction of sp³-hybridized carbons (Fsp3) is 0.625. The summed E-state index contributed by atoms with van der Waals surface area (Å²) in [5.41, 5.74) is 4.55. The first-order valence-corrected chi connectivity index (χ1v) is 7.06. The molecule has 1 heterocycles. The van der Waals surface area contributed by atoms with Crippen LogP contribution in [0.5, 0.6) is 0 Å². The van der Waals surface area contributed by atoms with Crippen molar-refractivity contribution < 1.29 is 0 Å². The van der Waals surface area contributed by atoms with Gasteiger partial charge >= 0.3 is 0 Å². The number of rotatable bonds is 3. The molecular formula is C16H26N2. The van der Waals surface area contributed by atoms with Crippen LogP contribution in [0.25, 0.3) is 0 Å². The van der Waals surface area contributed by atoms with E-state index in [1.165, 1.54) is 23.1 Å². The maximum atomic E-state index is 3.65. The highest BCUT2D eigenvalue weighted by Crippen LogP contribution is 2.19. The first kappa shape index (κ1) is 13.6. The molecule has 2 heteroatoms. The molecule has 0 aliphatic carbocycles. The van der Waals surface area contributed by atoms with Crippen LogP contribution in [-0.2, 0) is 6.54 Å². The number of benzene rings is 1. The van der Waals surface area contributed by atoms with Gasteiger partial charge in [0.15, 0.2) is 0 Å². The second kappa shape index (κ2) is 5.41. The molecule has 1 aliphatic rings. The quantitative estimate of drug-likeness (QED) is 0.882. The van der Waals surface area contributed by atoms with Crippen LogP contribution in [0.3, 0.4) is 0 Å². The van der Waals surface area contributed by atoms with E-state index in [4.69, 9.17) is 0 Å². The van der Waals surface area contributed by atoms with Crippen molar-refractivity contribution in [3.05, 3.63) is 34.9 Å². The molecule has 18 heavy (non-hydrogen) atoms.